The van der Waals surface area contributed by atoms with Gasteiger partial charge >= 0.3 is 6.03 Å². The summed E-state index contributed by atoms with van der Waals surface area (Å²) in [4.78, 5) is 24.7. The molecule has 20 heavy (non-hydrogen) atoms. The lowest BCUT2D eigenvalue weighted by Crippen LogP contribution is -2.50. The van der Waals surface area contributed by atoms with E-state index in [-0.39, 0.29) is 11.9 Å². The second-order valence-electron chi connectivity index (χ2n) is 4.91. The molecular formula is C14H20N4O2. The normalized spacial score (nSPS) is 19.1. The molecule has 0 aliphatic carbocycles. The van der Waals surface area contributed by atoms with Crippen LogP contribution in [-0.2, 0) is 4.79 Å². The number of nitrogens with one attached hydrogen (secondary N) is 2. The van der Waals surface area contributed by atoms with Crippen LogP contribution < -0.4 is 21.3 Å². The van der Waals surface area contributed by atoms with Crippen molar-refractivity contribution < 1.29 is 9.59 Å². The Bertz CT molecular complexity index is 518. The highest BCUT2D eigenvalue weighted by Gasteiger charge is 2.29. The minimum atomic E-state index is -0.819. The van der Waals surface area contributed by atoms with Crippen molar-refractivity contribution >= 4 is 17.6 Å². The van der Waals surface area contributed by atoms with Crippen molar-refractivity contribution in [2.75, 3.05) is 18.5 Å². The monoisotopic (exact) mass is 276 g/mol. The first-order chi connectivity index (χ1) is 9.54. The minimum absolute atomic E-state index is 0.286. The number of urea groups is 1. The summed E-state index contributed by atoms with van der Waals surface area (Å²) in [5.74, 6) is -0.379. The van der Waals surface area contributed by atoms with Gasteiger partial charge in [-0.1, -0.05) is 18.2 Å². The highest BCUT2D eigenvalue weighted by atomic mass is 16.2. The standard InChI is InChI=1S/C14H20N4O2/c1-9(13(19)17-14(15)20)18-8-7-11(16-2)10-5-3-4-6-12(10)18/h3-6,9,11,16H,7-8H2,1-2H3,(H3,15,17,19,20). The first kappa shape index (κ1) is 14.3. The zero-order chi connectivity index (χ0) is 14.7. The number of fused-ring (bicyclic) bond motifs is 1. The van der Waals surface area contributed by atoms with Gasteiger partial charge in [0.25, 0.3) is 0 Å². The Balaban J connectivity index is 2.25. The Morgan fingerprint density at radius 1 is 1.40 bits per heavy atom. The molecule has 1 aromatic rings. The number of imide groups is 1. The fourth-order valence-electron chi connectivity index (χ4n) is 2.66. The number of rotatable bonds is 3. The number of para-hydroxylation sites is 1. The summed E-state index contributed by atoms with van der Waals surface area (Å²) in [5.41, 5.74) is 7.18. The zero-order valence-corrected chi connectivity index (χ0v) is 11.7. The second kappa shape index (κ2) is 5.92. The van der Waals surface area contributed by atoms with E-state index in [1.54, 1.807) is 6.92 Å². The number of hydrogen-bond donors (Lipinski definition) is 3. The summed E-state index contributed by atoms with van der Waals surface area (Å²) >= 11 is 0. The van der Waals surface area contributed by atoms with Crippen molar-refractivity contribution in [1.29, 1.82) is 0 Å². The molecule has 0 bridgehead atoms. The number of carbonyl (C=O) groups excluding carboxylic acids is 2. The number of anilines is 1. The molecule has 2 atom stereocenters. The highest BCUT2D eigenvalue weighted by Crippen LogP contribution is 2.34. The first-order valence-corrected chi connectivity index (χ1v) is 6.67. The van der Waals surface area contributed by atoms with Gasteiger partial charge in [0.2, 0.25) is 5.91 Å². The summed E-state index contributed by atoms with van der Waals surface area (Å²) in [6.45, 7) is 2.52. The molecule has 1 aliphatic heterocycles. The summed E-state index contributed by atoms with van der Waals surface area (Å²) in [7, 11) is 1.93. The van der Waals surface area contributed by atoms with E-state index in [0.717, 1.165) is 18.7 Å². The van der Waals surface area contributed by atoms with Crippen LogP contribution in [0.2, 0.25) is 0 Å². The van der Waals surface area contributed by atoms with Gasteiger partial charge in [0, 0.05) is 18.3 Å². The molecule has 0 spiro atoms. The molecule has 0 saturated carbocycles. The van der Waals surface area contributed by atoms with E-state index in [9.17, 15) is 9.59 Å². The maximum Gasteiger partial charge on any atom is 0.318 e. The van der Waals surface area contributed by atoms with Gasteiger partial charge in [-0.05, 0) is 32.0 Å². The van der Waals surface area contributed by atoms with E-state index in [1.807, 2.05) is 30.1 Å². The van der Waals surface area contributed by atoms with Gasteiger partial charge in [0.05, 0.1) is 0 Å². The lowest BCUT2D eigenvalue weighted by Gasteiger charge is -2.38. The SMILES string of the molecule is CNC1CCN(C(C)C(=O)NC(N)=O)c2ccccc21. The van der Waals surface area contributed by atoms with E-state index in [4.69, 9.17) is 5.73 Å². The molecule has 0 radical (unpaired) electrons. The third-order valence-electron chi connectivity index (χ3n) is 3.72. The van der Waals surface area contributed by atoms with Crippen LogP contribution in [0.1, 0.15) is 24.9 Å². The molecule has 1 heterocycles. The van der Waals surface area contributed by atoms with E-state index in [2.05, 4.69) is 16.7 Å². The van der Waals surface area contributed by atoms with E-state index >= 15 is 0 Å². The molecule has 2 rings (SSSR count). The summed E-state index contributed by atoms with van der Waals surface area (Å²) in [5, 5.41) is 5.42. The van der Waals surface area contributed by atoms with E-state index < -0.39 is 12.1 Å². The lowest BCUT2D eigenvalue weighted by molar-refractivity contribution is -0.120. The highest BCUT2D eigenvalue weighted by molar-refractivity contribution is 5.97. The number of amides is 3. The molecule has 108 valence electrons. The summed E-state index contributed by atoms with van der Waals surface area (Å²) < 4.78 is 0. The predicted octanol–water partition coefficient (Wildman–Crippen LogP) is 0.741. The zero-order valence-electron chi connectivity index (χ0n) is 11.7. The average molecular weight is 276 g/mol. The molecular weight excluding hydrogens is 256 g/mol. The topological polar surface area (TPSA) is 87.5 Å². The first-order valence-electron chi connectivity index (χ1n) is 6.67. The third kappa shape index (κ3) is 2.75. The third-order valence-corrected chi connectivity index (χ3v) is 3.72. The molecule has 6 nitrogen and oxygen atoms in total. The molecule has 0 aromatic heterocycles. The predicted molar refractivity (Wildman–Crippen MR) is 77.4 cm³/mol. The molecule has 2 unspecified atom stereocenters. The van der Waals surface area contributed by atoms with Crippen LogP contribution in [0.25, 0.3) is 0 Å². The maximum atomic E-state index is 11.9. The van der Waals surface area contributed by atoms with Crippen LogP contribution in [0, 0.1) is 0 Å². The molecule has 0 fully saturated rings. The Morgan fingerprint density at radius 3 is 2.75 bits per heavy atom. The van der Waals surface area contributed by atoms with Gasteiger partial charge in [0.15, 0.2) is 0 Å². The van der Waals surface area contributed by atoms with Crippen LogP contribution >= 0.6 is 0 Å². The Labute approximate surface area is 118 Å². The molecule has 4 N–H and O–H groups in total. The average Bonchev–Trinajstić information content (AvgIpc) is 2.44. The molecule has 3 amide bonds. The van der Waals surface area contributed by atoms with E-state index in [1.165, 1.54) is 5.56 Å². The van der Waals surface area contributed by atoms with Crippen molar-refractivity contribution in [2.24, 2.45) is 5.73 Å². The van der Waals surface area contributed by atoms with Gasteiger partial charge in [-0.25, -0.2) is 4.79 Å². The minimum Gasteiger partial charge on any atom is -0.359 e. The van der Waals surface area contributed by atoms with Crippen molar-refractivity contribution in [3.63, 3.8) is 0 Å². The summed E-state index contributed by atoms with van der Waals surface area (Å²) in [6, 6.07) is 7.01. The van der Waals surface area contributed by atoms with Gasteiger partial charge < -0.3 is 16.0 Å². The van der Waals surface area contributed by atoms with Crippen LogP contribution in [0.5, 0.6) is 0 Å². The molecule has 6 heteroatoms. The van der Waals surface area contributed by atoms with Crippen LogP contribution in [0.4, 0.5) is 10.5 Å². The van der Waals surface area contributed by atoms with Crippen molar-refractivity contribution in [3.05, 3.63) is 29.8 Å². The van der Waals surface area contributed by atoms with Crippen LogP contribution in [-0.4, -0.2) is 31.6 Å². The lowest BCUT2D eigenvalue weighted by atomic mass is 9.95. The molecule has 0 saturated heterocycles. The number of carbonyl (C=O) groups is 2. The molecule has 1 aromatic carbocycles. The Morgan fingerprint density at radius 2 is 2.10 bits per heavy atom. The van der Waals surface area contributed by atoms with Crippen molar-refractivity contribution in [2.45, 2.75) is 25.4 Å². The van der Waals surface area contributed by atoms with Crippen molar-refractivity contribution in [3.8, 4) is 0 Å². The maximum absolute atomic E-state index is 11.9. The van der Waals surface area contributed by atoms with Crippen molar-refractivity contribution in [1.82, 2.24) is 10.6 Å². The number of hydrogen-bond acceptors (Lipinski definition) is 4. The molecule has 1 aliphatic rings. The number of benzene rings is 1. The number of primary amides is 1. The Hall–Kier alpha value is -2.08. The smallest absolute Gasteiger partial charge is 0.318 e. The van der Waals surface area contributed by atoms with Gasteiger partial charge in [-0.15, -0.1) is 0 Å². The second-order valence-corrected chi connectivity index (χ2v) is 4.91. The Kier molecular flexibility index (Phi) is 4.24. The van der Waals surface area contributed by atoms with Gasteiger partial charge in [0.1, 0.15) is 6.04 Å². The fraction of sp³-hybridized carbons (Fsp3) is 0.429. The fourth-order valence-corrected chi connectivity index (χ4v) is 2.66. The van der Waals surface area contributed by atoms with E-state index in [0.29, 0.717) is 0 Å². The van der Waals surface area contributed by atoms with Crippen LogP contribution in [0.3, 0.4) is 0 Å². The largest absolute Gasteiger partial charge is 0.359 e. The summed E-state index contributed by atoms with van der Waals surface area (Å²) in [6.07, 6.45) is 0.904. The van der Waals surface area contributed by atoms with Gasteiger partial charge in [-0.3, -0.25) is 10.1 Å². The number of nitrogens with two attached hydrogens (primary N) is 1. The van der Waals surface area contributed by atoms with Gasteiger partial charge in [-0.2, -0.15) is 0 Å². The van der Waals surface area contributed by atoms with Crippen LogP contribution in [0.15, 0.2) is 24.3 Å². The number of nitrogens with zero attached hydrogens (tertiary/aromatic N) is 1. The quantitative estimate of drug-likeness (QED) is 0.760.